The van der Waals surface area contributed by atoms with Crippen LogP contribution in [0.2, 0.25) is 0 Å². The van der Waals surface area contributed by atoms with E-state index in [1.807, 2.05) is 32.1 Å². The van der Waals surface area contributed by atoms with E-state index in [1.165, 1.54) is 25.0 Å². The van der Waals surface area contributed by atoms with Crippen LogP contribution < -0.4 is 5.32 Å². The molecule has 1 fully saturated rings. The van der Waals surface area contributed by atoms with Crippen molar-refractivity contribution >= 4 is 0 Å². The third-order valence-electron chi connectivity index (χ3n) is 3.84. The molecule has 4 nitrogen and oxygen atoms in total. The number of nitrogens with one attached hydrogen (secondary N) is 1. The first-order valence-corrected chi connectivity index (χ1v) is 5.91. The smallest absolute Gasteiger partial charge is 0.0697 e. The average molecular weight is 223 g/mol. The van der Waals surface area contributed by atoms with E-state index in [-0.39, 0.29) is 5.60 Å². The van der Waals surface area contributed by atoms with Gasteiger partial charge in [0.1, 0.15) is 0 Å². The van der Waals surface area contributed by atoms with Crippen LogP contribution in [0.15, 0.2) is 12.3 Å². The van der Waals surface area contributed by atoms with E-state index in [9.17, 15) is 0 Å². The second-order valence-corrected chi connectivity index (χ2v) is 4.67. The number of aromatic nitrogens is 2. The molecule has 1 aromatic rings. The van der Waals surface area contributed by atoms with Gasteiger partial charge in [0.05, 0.1) is 17.3 Å². The van der Waals surface area contributed by atoms with Gasteiger partial charge in [-0.2, -0.15) is 5.10 Å². The van der Waals surface area contributed by atoms with E-state index in [0.717, 1.165) is 6.42 Å². The van der Waals surface area contributed by atoms with Gasteiger partial charge in [0.25, 0.3) is 0 Å². The van der Waals surface area contributed by atoms with Crippen LogP contribution in [0.5, 0.6) is 0 Å². The molecule has 0 amide bonds. The molecular weight excluding hydrogens is 202 g/mol. The Morgan fingerprint density at radius 3 is 2.75 bits per heavy atom. The van der Waals surface area contributed by atoms with Gasteiger partial charge in [0.15, 0.2) is 0 Å². The van der Waals surface area contributed by atoms with Crippen molar-refractivity contribution in [2.45, 2.75) is 37.3 Å². The Labute approximate surface area is 97.0 Å². The summed E-state index contributed by atoms with van der Waals surface area (Å²) in [5, 5.41) is 7.58. The Morgan fingerprint density at radius 2 is 2.38 bits per heavy atom. The lowest BCUT2D eigenvalue weighted by Gasteiger charge is -2.42. The highest BCUT2D eigenvalue weighted by Gasteiger charge is 2.39. The van der Waals surface area contributed by atoms with Crippen molar-refractivity contribution in [3.8, 4) is 0 Å². The Bertz CT molecular complexity index is 338. The lowest BCUT2D eigenvalue weighted by atomic mass is 9.75. The monoisotopic (exact) mass is 223 g/mol. The number of hydrogen-bond donors (Lipinski definition) is 1. The highest BCUT2D eigenvalue weighted by Crippen LogP contribution is 2.41. The zero-order valence-electron chi connectivity index (χ0n) is 10.4. The second-order valence-electron chi connectivity index (χ2n) is 4.67. The Balaban J connectivity index is 2.09. The van der Waals surface area contributed by atoms with E-state index < -0.39 is 0 Å². The van der Waals surface area contributed by atoms with Gasteiger partial charge in [-0.25, -0.2) is 0 Å². The molecule has 2 rings (SSSR count). The zero-order chi connectivity index (χ0) is 11.6. The fourth-order valence-electron chi connectivity index (χ4n) is 2.52. The Morgan fingerprint density at radius 1 is 1.62 bits per heavy atom. The molecule has 0 aromatic carbocycles. The van der Waals surface area contributed by atoms with Gasteiger partial charge in [0, 0.05) is 20.4 Å². The van der Waals surface area contributed by atoms with Crippen molar-refractivity contribution in [3.63, 3.8) is 0 Å². The second kappa shape index (κ2) is 4.55. The van der Waals surface area contributed by atoms with E-state index in [1.54, 1.807) is 0 Å². The molecule has 90 valence electrons. The summed E-state index contributed by atoms with van der Waals surface area (Å²) in [5.74, 6) is 0. The molecule has 1 N–H and O–H groups in total. The Hall–Kier alpha value is -0.870. The standard InChI is InChI=1S/C12H21N3O/c1-13-10(11-5-8-14-15(11)2)9-12(16-3)6-4-7-12/h5,8,10,13H,4,6-7,9H2,1-3H3. The summed E-state index contributed by atoms with van der Waals surface area (Å²) in [6.07, 6.45) is 6.52. The molecule has 1 saturated carbocycles. The van der Waals surface area contributed by atoms with Crippen molar-refractivity contribution in [3.05, 3.63) is 18.0 Å². The maximum atomic E-state index is 5.67. The molecule has 1 unspecified atom stereocenters. The molecule has 0 saturated heterocycles. The van der Waals surface area contributed by atoms with E-state index in [0.29, 0.717) is 6.04 Å². The first-order valence-electron chi connectivity index (χ1n) is 5.91. The average Bonchev–Trinajstić information content (AvgIpc) is 2.65. The number of rotatable bonds is 5. The molecule has 4 heteroatoms. The predicted octanol–water partition coefficient (Wildman–Crippen LogP) is 1.64. The summed E-state index contributed by atoms with van der Waals surface area (Å²) in [4.78, 5) is 0. The van der Waals surface area contributed by atoms with Crippen LogP contribution in [0, 0.1) is 0 Å². The van der Waals surface area contributed by atoms with Gasteiger partial charge in [-0.15, -0.1) is 0 Å². The third kappa shape index (κ3) is 1.99. The topological polar surface area (TPSA) is 39.1 Å². The quantitative estimate of drug-likeness (QED) is 0.825. The van der Waals surface area contributed by atoms with Crippen LogP contribution in [-0.2, 0) is 11.8 Å². The summed E-state index contributed by atoms with van der Waals surface area (Å²) < 4.78 is 7.61. The SMILES string of the molecule is CNC(CC1(OC)CCC1)c1ccnn1C. The molecule has 1 heterocycles. The van der Waals surface area contributed by atoms with Crippen LogP contribution in [0.4, 0.5) is 0 Å². The summed E-state index contributed by atoms with van der Waals surface area (Å²) in [5.41, 5.74) is 1.32. The van der Waals surface area contributed by atoms with Crippen LogP contribution in [0.3, 0.4) is 0 Å². The van der Waals surface area contributed by atoms with Crippen molar-refractivity contribution in [1.82, 2.24) is 15.1 Å². The number of aryl methyl sites for hydroxylation is 1. The predicted molar refractivity (Wildman–Crippen MR) is 63.2 cm³/mol. The normalized spacial score (nSPS) is 20.4. The number of hydrogen-bond acceptors (Lipinski definition) is 3. The molecule has 1 aromatic heterocycles. The lowest BCUT2D eigenvalue weighted by molar-refractivity contribution is -0.0838. The van der Waals surface area contributed by atoms with Gasteiger partial charge in [0.2, 0.25) is 0 Å². The molecule has 1 aliphatic rings. The molecule has 1 atom stereocenters. The highest BCUT2D eigenvalue weighted by atomic mass is 16.5. The maximum Gasteiger partial charge on any atom is 0.0697 e. The summed E-state index contributed by atoms with van der Waals surface area (Å²) in [6.45, 7) is 0. The largest absolute Gasteiger partial charge is 0.378 e. The Kier molecular flexibility index (Phi) is 3.30. The van der Waals surface area contributed by atoms with Gasteiger partial charge in [-0.05, 0) is 38.8 Å². The van der Waals surface area contributed by atoms with E-state index in [4.69, 9.17) is 4.74 Å². The molecule has 0 bridgehead atoms. The number of methoxy groups -OCH3 is 1. The van der Waals surface area contributed by atoms with Crippen molar-refractivity contribution < 1.29 is 4.74 Å². The van der Waals surface area contributed by atoms with Gasteiger partial charge >= 0.3 is 0 Å². The molecule has 0 aliphatic heterocycles. The number of ether oxygens (including phenoxy) is 1. The lowest BCUT2D eigenvalue weighted by Crippen LogP contribution is -2.42. The van der Waals surface area contributed by atoms with Crippen LogP contribution in [0.1, 0.15) is 37.4 Å². The van der Waals surface area contributed by atoms with E-state index >= 15 is 0 Å². The minimum Gasteiger partial charge on any atom is -0.378 e. The van der Waals surface area contributed by atoms with Gasteiger partial charge < -0.3 is 10.1 Å². The highest BCUT2D eigenvalue weighted by molar-refractivity contribution is 5.09. The summed E-state index contributed by atoms with van der Waals surface area (Å²) >= 11 is 0. The van der Waals surface area contributed by atoms with Gasteiger partial charge in [-0.3, -0.25) is 4.68 Å². The fourth-order valence-corrected chi connectivity index (χ4v) is 2.52. The molecular formula is C12H21N3O. The zero-order valence-corrected chi connectivity index (χ0v) is 10.4. The fraction of sp³-hybridized carbons (Fsp3) is 0.750. The summed E-state index contributed by atoms with van der Waals surface area (Å²) in [6, 6.07) is 2.40. The van der Waals surface area contributed by atoms with Crippen molar-refractivity contribution in [1.29, 1.82) is 0 Å². The minimum absolute atomic E-state index is 0.0952. The molecule has 0 spiro atoms. The maximum absolute atomic E-state index is 5.67. The molecule has 1 aliphatic carbocycles. The van der Waals surface area contributed by atoms with Crippen LogP contribution in [0.25, 0.3) is 0 Å². The third-order valence-corrected chi connectivity index (χ3v) is 3.84. The van der Waals surface area contributed by atoms with Crippen LogP contribution >= 0.6 is 0 Å². The van der Waals surface area contributed by atoms with Crippen molar-refractivity contribution in [2.75, 3.05) is 14.2 Å². The van der Waals surface area contributed by atoms with Gasteiger partial charge in [-0.1, -0.05) is 0 Å². The summed E-state index contributed by atoms with van der Waals surface area (Å²) in [7, 11) is 5.81. The number of nitrogens with zero attached hydrogens (tertiary/aromatic N) is 2. The minimum atomic E-state index is 0.0952. The molecule has 16 heavy (non-hydrogen) atoms. The first-order chi connectivity index (χ1) is 7.71. The first kappa shape index (κ1) is 11.6. The van der Waals surface area contributed by atoms with E-state index in [2.05, 4.69) is 16.5 Å². The van der Waals surface area contributed by atoms with Crippen LogP contribution in [-0.4, -0.2) is 29.5 Å². The molecule has 0 radical (unpaired) electrons. The van der Waals surface area contributed by atoms with Crippen molar-refractivity contribution in [2.24, 2.45) is 7.05 Å².